The fraction of sp³-hybridized carbons (Fsp3) is 0.0435. The molecular weight excluding hydrogens is 292 g/mol. The Balaban J connectivity index is 1.83. The predicted molar refractivity (Wildman–Crippen MR) is 101 cm³/mol. The van der Waals surface area contributed by atoms with Crippen molar-refractivity contribution in [2.75, 3.05) is 0 Å². The highest BCUT2D eigenvalue weighted by Crippen LogP contribution is 2.35. The molecule has 0 atom stereocenters. The van der Waals surface area contributed by atoms with Gasteiger partial charge in [-0.05, 0) is 41.6 Å². The average molecular weight is 308 g/mol. The predicted octanol–water partition coefficient (Wildman–Crippen LogP) is 6.71. The molecule has 1 heteroatoms. The van der Waals surface area contributed by atoms with E-state index >= 15 is 0 Å². The molecular formula is C23H16O. The molecule has 114 valence electrons. The molecule has 24 heavy (non-hydrogen) atoms. The van der Waals surface area contributed by atoms with Gasteiger partial charge in [-0.15, -0.1) is 0 Å². The van der Waals surface area contributed by atoms with E-state index in [4.69, 9.17) is 4.42 Å². The number of furan rings is 1. The van der Waals surface area contributed by atoms with Gasteiger partial charge in [-0.1, -0.05) is 66.2 Å². The van der Waals surface area contributed by atoms with E-state index in [2.05, 4.69) is 73.7 Å². The largest absolute Gasteiger partial charge is 0.455 e. The van der Waals surface area contributed by atoms with Crippen LogP contribution in [0.3, 0.4) is 0 Å². The zero-order chi connectivity index (χ0) is 16.1. The molecule has 0 aliphatic heterocycles. The minimum absolute atomic E-state index is 0.945. The molecule has 1 nitrogen and oxygen atoms in total. The lowest BCUT2D eigenvalue weighted by Crippen LogP contribution is -1.80. The standard InChI is InChI=1S/C23H16O/c1-15-6-8-16(9-7-15)18-11-10-17-12-13-20-19-4-2-3-5-22(19)24-23(20)21(17)14-18/h2-14H,1H3. The van der Waals surface area contributed by atoms with Crippen LogP contribution < -0.4 is 0 Å². The molecule has 0 aliphatic carbocycles. The van der Waals surface area contributed by atoms with E-state index in [-0.39, 0.29) is 0 Å². The first-order valence-electron chi connectivity index (χ1n) is 8.21. The van der Waals surface area contributed by atoms with Crippen LogP contribution in [-0.4, -0.2) is 0 Å². The second-order valence-electron chi connectivity index (χ2n) is 6.34. The number of fused-ring (bicyclic) bond motifs is 5. The summed E-state index contributed by atoms with van der Waals surface area (Å²) in [5.41, 5.74) is 5.65. The van der Waals surface area contributed by atoms with Gasteiger partial charge < -0.3 is 4.42 Å². The van der Waals surface area contributed by atoms with Crippen LogP contribution in [0.15, 0.2) is 83.3 Å². The molecule has 1 heterocycles. The fourth-order valence-corrected chi connectivity index (χ4v) is 3.43. The van der Waals surface area contributed by atoms with Crippen LogP contribution >= 0.6 is 0 Å². The Kier molecular flexibility index (Phi) is 2.77. The highest BCUT2D eigenvalue weighted by atomic mass is 16.3. The van der Waals surface area contributed by atoms with Gasteiger partial charge >= 0.3 is 0 Å². The lowest BCUT2D eigenvalue weighted by molar-refractivity contribution is 0.672. The number of aryl methyl sites for hydroxylation is 1. The Bertz CT molecular complexity index is 1190. The maximum Gasteiger partial charge on any atom is 0.143 e. The van der Waals surface area contributed by atoms with Gasteiger partial charge in [0.25, 0.3) is 0 Å². The minimum Gasteiger partial charge on any atom is -0.455 e. The van der Waals surface area contributed by atoms with Crippen LogP contribution in [-0.2, 0) is 0 Å². The lowest BCUT2D eigenvalue weighted by Gasteiger charge is -2.05. The van der Waals surface area contributed by atoms with Crippen LogP contribution in [0.2, 0.25) is 0 Å². The summed E-state index contributed by atoms with van der Waals surface area (Å²) in [5.74, 6) is 0. The topological polar surface area (TPSA) is 13.1 Å². The Morgan fingerprint density at radius 2 is 1.38 bits per heavy atom. The van der Waals surface area contributed by atoms with E-state index in [9.17, 15) is 0 Å². The molecule has 0 saturated heterocycles. The van der Waals surface area contributed by atoms with Crippen molar-refractivity contribution in [3.8, 4) is 11.1 Å². The molecule has 0 N–H and O–H groups in total. The summed E-state index contributed by atoms with van der Waals surface area (Å²) in [7, 11) is 0. The molecule has 0 amide bonds. The molecule has 0 saturated carbocycles. The Hall–Kier alpha value is -3.06. The van der Waals surface area contributed by atoms with Crippen molar-refractivity contribution < 1.29 is 4.42 Å². The fourth-order valence-electron chi connectivity index (χ4n) is 3.43. The Labute approximate surface area is 140 Å². The molecule has 4 aromatic carbocycles. The zero-order valence-corrected chi connectivity index (χ0v) is 13.4. The van der Waals surface area contributed by atoms with Gasteiger partial charge in [-0.2, -0.15) is 0 Å². The molecule has 0 radical (unpaired) electrons. The second kappa shape index (κ2) is 4.97. The summed E-state index contributed by atoms with van der Waals surface area (Å²) in [5, 5.41) is 4.73. The first-order valence-corrected chi connectivity index (χ1v) is 8.21. The third-order valence-electron chi connectivity index (χ3n) is 4.75. The van der Waals surface area contributed by atoms with Crippen molar-refractivity contribution in [1.29, 1.82) is 0 Å². The van der Waals surface area contributed by atoms with Crippen molar-refractivity contribution in [1.82, 2.24) is 0 Å². The van der Waals surface area contributed by atoms with E-state index in [1.165, 1.54) is 38.2 Å². The minimum atomic E-state index is 0.945. The van der Waals surface area contributed by atoms with Crippen molar-refractivity contribution in [3.63, 3.8) is 0 Å². The van der Waals surface area contributed by atoms with Gasteiger partial charge in [-0.25, -0.2) is 0 Å². The first-order chi connectivity index (χ1) is 11.8. The van der Waals surface area contributed by atoms with Crippen LogP contribution in [0.4, 0.5) is 0 Å². The van der Waals surface area contributed by atoms with Gasteiger partial charge in [-0.3, -0.25) is 0 Å². The van der Waals surface area contributed by atoms with Crippen molar-refractivity contribution in [2.45, 2.75) is 6.92 Å². The summed E-state index contributed by atoms with van der Waals surface area (Å²) in [6, 6.07) is 27.8. The molecule has 0 bridgehead atoms. The summed E-state index contributed by atoms with van der Waals surface area (Å²) in [6.07, 6.45) is 0. The summed E-state index contributed by atoms with van der Waals surface area (Å²) >= 11 is 0. The summed E-state index contributed by atoms with van der Waals surface area (Å²) in [6.45, 7) is 2.11. The normalized spacial score (nSPS) is 11.5. The second-order valence-corrected chi connectivity index (χ2v) is 6.34. The maximum atomic E-state index is 6.18. The molecule has 0 fully saturated rings. The highest BCUT2D eigenvalue weighted by Gasteiger charge is 2.10. The third-order valence-corrected chi connectivity index (χ3v) is 4.75. The number of hydrogen-bond donors (Lipinski definition) is 0. The quantitative estimate of drug-likeness (QED) is 0.335. The van der Waals surface area contributed by atoms with Gasteiger partial charge in [0.15, 0.2) is 0 Å². The first kappa shape index (κ1) is 13.4. The SMILES string of the molecule is Cc1ccc(-c2ccc3ccc4c5ccccc5oc4c3c2)cc1. The van der Waals surface area contributed by atoms with Crippen LogP contribution in [0.25, 0.3) is 43.8 Å². The third kappa shape index (κ3) is 1.95. The van der Waals surface area contributed by atoms with Crippen molar-refractivity contribution in [3.05, 3.63) is 84.4 Å². The van der Waals surface area contributed by atoms with E-state index in [1.807, 2.05) is 12.1 Å². The average Bonchev–Trinajstić information content (AvgIpc) is 3.01. The van der Waals surface area contributed by atoms with Gasteiger partial charge in [0.2, 0.25) is 0 Å². The van der Waals surface area contributed by atoms with Gasteiger partial charge in [0, 0.05) is 16.2 Å². The molecule has 0 aliphatic rings. The van der Waals surface area contributed by atoms with E-state index in [0.717, 1.165) is 11.2 Å². The van der Waals surface area contributed by atoms with E-state index < -0.39 is 0 Å². The molecule has 5 rings (SSSR count). The summed E-state index contributed by atoms with van der Waals surface area (Å²) in [4.78, 5) is 0. The monoisotopic (exact) mass is 308 g/mol. The number of rotatable bonds is 1. The molecule has 1 aromatic heterocycles. The van der Waals surface area contributed by atoms with E-state index in [1.54, 1.807) is 0 Å². The van der Waals surface area contributed by atoms with Crippen LogP contribution in [0.5, 0.6) is 0 Å². The smallest absolute Gasteiger partial charge is 0.143 e. The lowest BCUT2D eigenvalue weighted by atomic mass is 9.99. The molecule has 5 aromatic rings. The Morgan fingerprint density at radius 3 is 2.25 bits per heavy atom. The maximum absolute atomic E-state index is 6.18. The Morgan fingerprint density at radius 1 is 0.625 bits per heavy atom. The number of hydrogen-bond acceptors (Lipinski definition) is 1. The summed E-state index contributed by atoms with van der Waals surface area (Å²) < 4.78 is 6.18. The number of benzene rings is 4. The van der Waals surface area contributed by atoms with Crippen molar-refractivity contribution >= 4 is 32.7 Å². The number of para-hydroxylation sites is 1. The van der Waals surface area contributed by atoms with Crippen LogP contribution in [0, 0.1) is 6.92 Å². The van der Waals surface area contributed by atoms with Crippen LogP contribution in [0.1, 0.15) is 5.56 Å². The molecule has 0 unspecified atom stereocenters. The highest BCUT2D eigenvalue weighted by molar-refractivity contribution is 6.15. The van der Waals surface area contributed by atoms with Gasteiger partial charge in [0.1, 0.15) is 11.2 Å². The van der Waals surface area contributed by atoms with Crippen molar-refractivity contribution in [2.24, 2.45) is 0 Å². The zero-order valence-electron chi connectivity index (χ0n) is 13.4. The van der Waals surface area contributed by atoms with Gasteiger partial charge in [0.05, 0.1) is 0 Å². The molecule has 0 spiro atoms. The van der Waals surface area contributed by atoms with E-state index in [0.29, 0.717) is 0 Å².